The molecule has 5 rings (SSSR count). The van der Waals surface area contributed by atoms with Crippen molar-refractivity contribution in [2.75, 3.05) is 14.1 Å². The molecule has 0 saturated carbocycles. The number of nitrogens with zero attached hydrogens (tertiary/aromatic N) is 7. The van der Waals surface area contributed by atoms with E-state index >= 15 is 0 Å². The molecule has 1 aromatic heterocycles. The van der Waals surface area contributed by atoms with Crippen molar-refractivity contribution >= 4 is 17.8 Å². The molecule has 2 aromatic carbocycles. The molecule has 2 aliphatic rings. The zero-order valence-corrected chi connectivity index (χ0v) is 20.0. The van der Waals surface area contributed by atoms with Crippen molar-refractivity contribution < 1.29 is 9.59 Å². The number of hydrogen-bond acceptors (Lipinski definition) is 7. The number of tetrazole rings is 1. The van der Waals surface area contributed by atoms with Crippen LogP contribution in [-0.2, 0) is 11.3 Å². The molecule has 3 aromatic rings. The predicted molar refractivity (Wildman–Crippen MR) is 131 cm³/mol. The molecule has 0 spiro atoms. The first-order valence-electron chi connectivity index (χ1n) is 11.8. The number of hydrogen-bond donors (Lipinski definition) is 1. The molecular weight excluding hydrogens is 444 g/mol. The number of aromatic nitrogens is 4. The van der Waals surface area contributed by atoms with Gasteiger partial charge in [0, 0.05) is 32.6 Å². The normalized spacial score (nSPS) is 19.9. The van der Waals surface area contributed by atoms with Gasteiger partial charge in [-0.3, -0.25) is 9.69 Å². The Kier molecular flexibility index (Phi) is 6.02. The number of aliphatic imine (C=N–C) groups is 1. The molecule has 2 atom stereocenters. The van der Waals surface area contributed by atoms with Crippen molar-refractivity contribution in [1.29, 1.82) is 0 Å². The Morgan fingerprint density at radius 3 is 2.43 bits per heavy atom. The number of amidine groups is 1. The van der Waals surface area contributed by atoms with E-state index in [1.54, 1.807) is 11.9 Å². The number of rotatable bonds is 7. The Bertz CT molecular complexity index is 1250. The largest absolute Gasteiger partial charge is 0.340 e. The van der Waals surface area contributed by atoms with Gasteiger partial charge < -0.3 is 9.80 Å². The molecule has 1 fully saturated rings. The zero-order chi connectivity index (χ0) is 24.5. The second-order valence-corrected chi connectivity index (χ2v) is 8.90. The Hall–Kier alpha value is -4.08. The number of amides is 3. The predicted octanol–water partition coefficient (Wildman–Crippen LogP) is 3.16. The topological polar surface area (TPSA) is 111 Å². The summed E-state index contributed by atoms with van der Waals surface area (Å²) in [6.45, 7) is 2.67. The molecule has 10 heteroatoms. The summed E-state index contributed by atoms with van der Waals surface area (Å²) in [5.74, 6) is 1.22. The van der Waals surface area contributed by atoms with E-state index in [0.717, 1.165) is 47.4 Å². The first kappa shape index (κ1) is 22.7. The van der Waals surface area contributed by atoms with Gasteiger partial charge in [-0.05, 0) is 28.3 Å². The minimum atomic E-state index is -0.506. The lowest BCUT2D eigenvalue weighted by atomic mass is 9.98. The Morgan fingerprint density at radius 2 is 1.74 bits per heavy atom. The van der Waals surface area contributed by atoms with Gasteiger partial charge >= 0.3 is 6.03 Å². The number of carbonyl (C=O) groups excluding carboxylic acids is 2. The van der Waals surface area contributed by atoms with Crippen molar-refractivity contribution in [3.05, 3.63) is 54.1 Å². The quantitative estimate of drug-likeness (QED) is 0.566. The summed E-state index contributed by atoms with van der Waals surface area (Å²) in [5.41, 5.74) is 4.00. The molecule has 2 unspecified atom stereocenters. The number of benzene rings is 2. The van der Waals surface area contributed by atoms with E-state index in [9.17, 15) is 9.59 Å². The van der Waals surface area contributed by atoms with Gasteiger partial charge in [-0.15, -0.1) is 10.2 Å². The van der Waals surface area contributed by atoms with Crippen LogP contribution in [0, 0.1) is 0 Å². The van der Waals surface area contributed by atoms with Crippen molar-refractivity contribution in [1.82, 2.24) is 35.3 Å². The van der Waals surface area contributed by atoms with Crippen LogP contribution in [0.4, 0.5) is 4.79 Å². The molecule has 0 radical (unpaired) electrons. The summed E-state index contributed by atoms with van der Waals surface area (Å²) in [7, 11) is 3.25. The highest BCUT2D eigenvalue weighted by atomic mass is 16.2. The number of likely N-dealkylation sites (N-methyl/N-ethyl adjacent to an activating group) is 2. The molecule has 1 N–H and O–H groups in total. The maximum atomic E-state index is 13.1. The summed E-state index contributed by atoms with van der Waals surface area (Å²) in [6, 6.07) is 15.4. The van der Waals surface area contributed by atoms with Crippen LogP contribution in [0.15, 0.2) is 53.5 Å². The fraction of sp³-hybridized carbons (Fsp3) is 0.360. The number of fused-ring (bicyclic) bond motifs is 1. The first-order chi connectivity index (χ1) is 17.0. The van der Waals surface area contributed by atoms with Gasteiger partial charge in [-0.1, -0.05) is 61.9 Å². The third kappa shape index (κ3) is 4.05. The van der Waals surface area contributed by atoms with Crippen LogP contribution in [0.5, 0.6) is 0 Å². The Morgan fingerprint density at radius 1 is 1.00 bits per heavy atom. The summed E-state index contributed by atoms with van der Waals surface area (Å²) in [6.07, 6.45) is 2.29. The van der Waals surface area contributed by atoms with Gasteiger partial charge in [-0.25, -0.2) is 9.79 Å². The number of unbranched alkanes of at least 4 members (excludes halogenated alkanes) is 1. The maximum Gasteiger partial charge on any atom is 0.328 e. The third-order valence-corrected chi connectivity index (χ3v) is 6.69. The van der Waals surface area contributed by atoms with Crippen molar-refractivity contribution in [2.45, 2.75) is 44.9 Å². The fourth-order valence-corrected chi connectivity index (χ4v) is 4.75. The molecular formula is C25H28N8O2. The summed E-state index contributed by atoms with van der Waals surface area (Å²) in [4.78, 5) is 35.3. The summed E-state index contributed by atoms with van der Waals surface area (Å²) < 4.78 is 0. The van der Waals surface area contributed by atoms with Crippen LogP contribution < -0.4 is 0 Å². The minimum Gasteiger partial charge on any atom is -0.340 e. The van der Waals surface area contributed by atoms with Crippen LogP contribution in [0.25, 0.3) is 22.5 Å². The smallest absolute Gasteiger partial charge is 0.328 e. The van der Waals surface area contributed by atoms with Gasteiger partial charge in [0.15, 0.2) is 12.2 Å². The van der Waals surface area contributed by atoms with Gasteiger partial charge in [-0.2, -0.15) is 5.21 Å². The molecule has 180 valence electrons. The monoisotopic (exact) mass is 472 g/mol. The SMILES string of the molecule is CCCCC1=NC2C(C(=O)N(C)C(=O)N2C)N1Cc1ccc(-c2ccccc2-c2nn[nH]n2)cc1. The standard InChI is InChI=1S/C25H28N8O2/c1-4-5-10-20-26-23-21(24(34)32(3)25(35)31(23)2)33(20)15-16-11-13-17(14-12-16)18-8-6-7-9-19(18)22-27-29-30-28-22/h6-9,11-14,21,23H,4-5,10,15H2,1-3H3,(H,27,28,29,30). The summed E-state index contributed by atoms with van der Waals surface area (Å²) in [5, 5.41) is 14.4. The first-order valence-corrected chi connectivity index (χ1v) is 11.8. The number of carbonyl (C=O) groups is 2. The van der Waals surface area contributed by atoms with Gasteiger partial charge in [0.1, 0.15) is 5.84 Å². The maximum absolute atomic E-state index is 13.1. The van der Waals surface area contributed by atoms with E-state index < -0.39 is 12.2 Å². The average Bonchev–Trinajstić information content (AvgIpc) is 3.54. The van der Waals surface area contributed by atoms with E-state index in [1.165, 1.54) is 11.9 Å². The molecule has 3 amide bonds. The van der Waals surface area contributed by atoms with E-state index in [2.05, 4.69) is 56.7 Å². The van der Waals surface area contributed by atoms with Gasteiger partial charge in [0.2, 0.25) is 5.82 Å². The highest BCUT2D eigenvalue weighted by molar-refractivity contribution is 6.03. The second kappa shape index (κ2) is 9.28. The number of H-pyrrole nitrogens is 1. The Labute approximate surface area is 203 Å². The van der Waals surface area contributed by atoms with E-state index in [0.29, 0.717) is 12.4 Å². The second-order valence-electron chi connectivity index (χ2n) is 8.90. The molecule has 1 saturated heterocycles. The number of urea groups is 1. The minimum absolute atomic E-state index is 0.209. The molecule has 10 nitrogen and oxygen atoms in total. The lowest BCUT2D eigenvalue weighted by Gasteiger charge is -2.40. The van der Waals surface area contributed by atoms with Crippen LogP contribution in [0.2, 0.25) is 0 Å². The highest BCUT2D eigenvalue weighted by Gasteiger charge is 2.50. The van der Waals surface area contributed by atoms with Gasteiger partial charge in [0.25, 0.3) is 5.91 Å². The number of aromatic amines is 1. The Balaban J connectivity index is 1.42. The molecule has 0 bridgehead atoms. The van der Waals surface area contributed by atoms with Gasteiger partial charge in [0.05, 0.1) is 0 Å². The molecule has 2 aliphatic heterocycles. The van der Waals surface area contributed by atoms with E-state index in [4.69, 9.17) is 4.99 Å². The van der Waals surface area contributed by atoms with Crippen LogP contribution >= 0.6 is 0 Å². The van der Waals surface area contributed by atoms with Crippen LogP contribution in [-0.4, -0.2) is 79.4 Å². The van der Waals surface area contributed by atoms with Crippen LogP contribution in [0.1, 0.15) is 31.7 Å². The van der Waals surface area contributed by atoms with E-state index in [1.807, 2.05) is 24.3 Å². The molecule has 0 aliphatic carbocycles. The number of imide groups is 1. The zero-order valence-electron chi connectivity index (χ0n) is 20.0. The average molecular weight is 473 g/mol. The van der Waals surface area contributed by atoms with Crippen molar-refractivity contribution in [3.63, 3.8) is 0 Å². The lowest BCUT2D eigenvalue weighted by Crippen LogP contribution is -2.63. The fourth-order valence-electron chi connectivity index (χ4n) is 4.75. The van der Waals surface area contributed by atoms with E-state index in [-0.39, 0.29) is 11.9 Å². The third-order valence-electron chi connectivity index (χ3n) is 6.69. The molecule has 3 heterocycles. The van der Waals surface area contributed by atoms with Crippen molar-refractivity contribution in [2.24, 2.45) is 4.99 Å². The molecule has 35 heavy (non-hydrogen) atoms. The van der Waals surface area contributed by atoms with Crippen LogP contribution in [0.3, 0.4) is 0 Å². The van der Waals surface area contributed by atoms with Crippen molar-refractivity contribution in [3.8, 4) is 22.5 Å². The number of nitrogens with one attached hydrogen (secondary N) is 1. The summed E-state index contributed by atoms with van der Waals surface area (Å²) >= 11 is 0. The highest BCUT2D eigenvalue weighted by Crippen LogP contribution is 2.32. The lowest BCUT2D eigenvalue weighted by molar-refractivity contribution is -0.136.